The van der Waals surface area contributed by atoms with E-state index in [9.17, 15) is 0 Å². The van der Waals surface area contributed by atoms with Gasteiger partial charge < -0.3 is 14.9 Å². The van der Waals surface area contributed by atoms with Crippen LogP contribution in [-0.4, -0.2) is 43.6 Å². The maximum atomic E-state index is 6.03. The first-order chi connectivity index (χ1) is 14.9. The number of methoxy groups -OCH3 is 2. The van der Waals surface area contributed by atoms with Crippen molar-refractivity contribution in [2.45, 2.75) is 51.1 Å². The van der Waals surface area contributed by atoms with Gasteiger partial charge in [-0.2, -0.15) is 0 Å². The van der Waals surface area contributed by atoms with Crippen LogP contribution in [-0.2, 0) is 0 Å². The van der Waals surface area contributed by atoms with E-state index < -0.39 is 0 Å². The van der Waals surface area contributed by atoms with Crippen LogP contribution in [0.3, 0.4) is 0 Å². The third-order valence-electron chi connectivity index (χ3n) is 5.76. The molecule has 1 fully saturated rings. The van der Waals surface area contributed by atoms with E-state index in [0.29, 0.717) is 11.7 Å². The maximum absolute atomic E-state index is 6.03. The molecule has 0 radical (unpaired) electrons. The number of hydrogen-bond acceptors (Lipinski definition) is 5. The molecule has 0 saturated carbocycles. The van der Waals surface area contributed by atoms with Gasteiger partial charge in [-0.1, -0.05) is 42.5 Å². The van der Waals surface area contributed by atoms with Crippen LogP contribution in [0.4, 0.5) is 0 Å². The van der Waals surface area contributed by atoms with Gasteiger partial charge in [-0.25, -0.2) is 5.84 Å². The zero-order valence-corrected chi connectivity index (χ0v) is 19.4. The van der Waals surface area contributed by atoms with Crippen molar-refractivity contribution in [2.75, 3.05) is 27.3 Å². The van der Waals surface area contributed by atoms with Gasteiger partial charge in [0, 0.05) is 5.56 Å². The summed E-state index contributed by atoms with van der Waals surface area (Å²) in [5.41, 5.74) is 5.04. The van der Waals surface area contributed by atoms with Crippen LogP contribution < -0.4 is 20.7 Å². The second-order valence-corrected chi connectivity index (χ2v) is 9.02. The van der Waals surface area contributed by atoms with E-state index in [4.69, 9.17) is 20.3 Å². The third kappa shape index (κ3) is 5.57. The molecule has 3 rings (SSSR count). The fourth-order valence-electron chi connectivity index (χ4n) is 4.39. The predicted octanol–water partition coefficient (Wildman–Crippen LogP) is 4.28. The van der Waals surface area contributed by atoms with Crippen LogP contribution in [0.2, 0.25) is 0 Å². The average Bonchev–Trinajstić information content (AvgIpc) is 2.78. The molecule has 2 aromatic rings. The standard InChI is InChI=1S/C25H36N4O2/c1-25(2,3)27-24(28-26)22(20-12-9-13-21(30-4)23(20)31-5)29-16-14-19(15-17-29)18-10-7-6-8-11-18/h6-13,19,22H,14-17,26H2,1-5H3,(H,27,28). The van der Waals surface area contributed by atoms with Gasteiger partial charge in [-0.05, 0) is 64.3 Å². The fraction of sp³-hybridized carbons (Fsp3) is 0.480. The van der Waals surface area contributed by atoms with Crippen molar-refractivity contribution in [3.8, 4) is 11.5 Å². The molecule has 1 aliphatic heterocycles. The molecule has 1 atom stereocenters. The monoisotopic (exact) mass is 424 g/mol. The molecule has 1 saturated heterocycles. The molecule has 168 valence electrons. The van der Waals surface area contributed by atoms with E-state index in [2.05, 4.69) is 67.5 Å². The highest BCUT2D eigenvalue weighted by Crippen LogP contribution is 2.40. The van der Waals surface area contributed by atoms with Crippen LogP contribution in [0.15, 0.2) is 53.5 Å². The van der Waals surface area contributed by atoms with Crippen LogP contribution >= 0.6 is 0 Å². The summed E-state index contributed by atoms with van der Waals surface area (Å²) in [5.74, 6) is 8.75. The molecule has 6 heteroatoms. The summed E-state index contributed by atoms with van der Waals surface area (Å²) in [4.78, 5) is 7.38. The second-order valence-electron chi connectivity index (χ2n) is 9.02. The van der Waals surface area contributed by atoms with E-state index in [1.54, 1.807) is 14.2 Å². The average molecular weight is 425 g/mol. The first-order valence-corrected chi connectivity index (χ1v) is 10.9. The van der Waals surface area contributed by atoms with E-state index in [0.717, 1.165) is 43.1 Å². The Balaban J connectivity index is 1.97. The number of rotatable bonds is 6. The second kappa shape index (κ2) is 10.2. The van der Waals surface area contributed by atoms with Crippen LogP contribution in [0.5, 0.6) is 11.5 Å². The van der Waals surface area contributed by atoms with Crippen molar-refractivity contribution in [1.29, 1.82) is 0 Å². The number of hydrogen-bond donors (Lipinski definition) is 2. The zero-order chi connectivity index (χ0) is 22.4. The Morgan fingerprint density at radius 1 is 1.03 bits per heavy atom. The SMILES string of the molecule is COc1cccc(C(C(=NC(C)(C)C)NN)N2CCC(c3ccccc3)CC2)c1OC. The topological polar surface area (TPSA) is 72.1 Å². The lowest BCUT2D eigenvalue weighted by Gasteiger charge is -2.39. The van der Waals surface area contributed by atoms with Gasteiger partial charge in [0.15, 0.2) is 11.5 Å². The van der Waals surface area contributed by atoms with E-state index in [-0.39, 0.29) is 11.6 Å². The molecule has 31 heavy (non-hydrogen) atoms. The molecule has 1 unspecified atom stereocenters. The summed E-state index contributed by atoms with van der Waals surface area (Å²) in [6.07, 6.45) is 2.17. The molecule has 0 bridgehead atoms. The lowest BCUT2D eigenvalue weighted by Crippen LogP contribution is -2.47. The fourth-order valence-corrected chi connectivity index (χ4v) is 4.39. The van der Waals surface area contributed by atoms with Crippen molar-refractivity contribution >= 4 is 5.84 Å². The van der Waals surface area contributed by atoms with Gasteiger partial charge in [0.1, 0.15) is 5.84 Å². The van der Waals surface area contributed by atoms with Gasteiger partial charge in [0.05, 0.1) is 25.8 Å². The Morgan fingerprint density at radius 2 is 1.71 bits per heavy atom. The number of nitrogens with two attached hydrogens (primary N) is 1. The molecule has 0 aromatic heterocycles. The normalized spacial score (nSPS) is 17.3. The number of amidine groups is 1. The Kier molecular flexibility index (Phi) is 7.57. The Bertz CT molecular complexity index is 869. The van der Waals surface area contributed by atoms with Crippen LogP contribution in [0.1, 0.15) is 56.7 Å². The minimum absolute atomic E-state index is 0.147. The molecule has 0 aliphatic carbocycles. The molecular formula is C25H36N4O2. The maximum Gasteiger partial charge on any atom is 0.165 e. The largest absolute Gasteiger partial charge is 0.493 e. The quantitative estimate of drug-likeness (QED) is 0.313. The Labute approximate surface area is 186 Å². The molecular weight excluding hydrogens is 388 g/mol. The van der Waals surface area contributed by atoms with E-state index in [1.807, 2.05) is 12.1 Å². The predicted molar refractivity (Wildman–Crippen MR) is 127 cm³/mol. The van der Waals surface area contributed by atoms with Crippen LogP contribution in [0, 0.1) is 0 Å². The molecule has 0 amide bonds. The summed E-state index contributed by atoms with van der Waals surface area (Å²) in [7, 11) is 3.34. The van der Waals surface area contributed by atoms with E-state index in [1.165, 1.54) is 5.56 Å². The summed E-state index contributed by atoms with van der Waals surface area (Å²) in [6, 6.07) is 16.6. The number of aliphatic imine (C=N–C) groups is 1. The number of nitrogens with zero attached hydrogens (tertiary/aromatic N) is 2. The smallest absolute Gasteiger partial charge is 0.165 e. The molecule has 1 heterocycles. The van der Waals surface area contributed by atoms with Crippen molar-refractivity contribution in [2.24, 2.45) is 10.8 Å². The molecule has 0 spiro atoms. The number of nitrogens with one attached hydrogen (secondary N) is 1. The summed E-state index contributed by atoms with van der Waals surface area (Å²) < 4.78 is 11.3. The summed E-state index contributed by atoms with van der Waals surface area (Å²) in [5, 5.41) is 0. The molecule has 6 nitrogen and oxygen atoms in total. The van der Waals surface area contributed by atoms with Crippen molar-refractivity contribution < 1.29 is 9.47 Å². The number of benzene rings is 2. The Hall–Kier alpha value is -2.57. The molecule has 2 aromatic carbocycles. The highest BCUT2D eigenvalue weighted by atomic mass is 16.5. The number of hydrazine groups is 1. The lowest BCUT2D eigenvalue weighted by atomic mass is 9.88. The van der Waals surface area contributed by atoms with E-state index >= 15 is 0 Å². The van der Waals surface area contributed by atoms with Gasteiger partial charge >= 0.3 is 0 Å². The van der Waals surface area contributed by atoms with Gasteiger partial charge in [-0.3, -0.25) is 9.89 Å². The first kappa shape index (κ1) is 23.1. The molecule has 1 aliphatic rings. The van der Waals surface area contributed by atoms with Crippen molar-refractivity contribution in [3.63, 3.8) is 0 Å². The first-order valence-electron chi connectivity index (χ1n) is 10.9. The number of para-hydroxylation sites is 1. The van der Waals surface area contributed by atoms with Crippen molar-refractivity contribution in [3.05, 3.63) is 59.7 Å². The number of ether oxygens (including phenoxy) is 2. The van der Waals surface area contributed by atoms with Gasteiger partial charge in [0.2, 0.25) is 0 Å². The highest BCUT2D eigenvalue weighted by molar-refractivity contribution is 5.89. The summed E-state index contributed by atoms with van der Waals surface area (Å²) >= 11 is 0. The lowest BCUT2D eigenvalue weighted by molar-refractivity contribution is 0.182. The van der Waals surface area contributed by atoms with Gasteiger partial charge in [0.25, 0.3) is 0 Å². The highest BCUT2D eigenvalue weighted by Gasteiger charge is 2.33. The third-order valence-corrected chi connectivity index (χ3v) is 5.76. The Morgan fingerprint density at radius 3 is 2.26 bits per heavy atom. The van der Waals surface area contributed by atoms with Crippen LogP contribution in [0.25, 0.3) is 0 Å². The number of piperidine rings is 1. The minimum atomic E-state index is -0.269. The molecule has 3 N–H and O–H groups in total. The van der Waals surface area contributed by atoms with Crippen molar-refractivity contribution in [1.82, 2.24) is 10.3 Å². The minimum Gasteiger partial charge on any atom is -0.493 e. The zero-order valence-electron chi connectivity index (χ0n) is 19.4. The number of likely N-dealkylation sites (tertiary alicyclic amines) is 1. The van der Waals surface area contributed by atoms with Gasteiger partial charge in [-0.15, -0.1) is 0 Å². The summed E-state index contributed by atoms with van der Waals surface area (Å²) in [6.45, 7) is 8.11.